The van der Waals surface area contributed by atoms with E-state index in [-0.39, 0.29) is 6.61 Å². The molecular weight excluding hydrogens is 416 g/mol. The summed E-state index contributed by atoms with van der Waals surface area (Å²) < 4.78 is 9.90. The van der Waals surface area contributed by atoms with Gasteiger partial charge in [-0.15, -0.1) is 0 Å². The van der Waals surface area contributed by atoms with Gasteiger partial charge >= 0.3 is 0 Å². The largest absolute Gasteiger partial charge is 0.453 e. The van der Waals surface area contributed by atoms with Crippen LogP contribution in [0.3, 0.4) is 0 Å². The zero-order chi connectivity index (χ0) is 21.4. The minimum Gasteiger partial charge on any atom is -0.453 e. The van der Waals surface area contributed by atoms with Crippen LogP contribution in [0.1, 0.15) is 0 Å². The number of anilines is 2. The fraction of sp³-hybridized carbons (Fsp3) is 0.136. The molecular formula is C22H19ClN6O2. The number of hydrogen-bond donors (Lipinski definition) is 2. The van der Waals surface area contributed by atoms with Crippen molar-refractivity contribution in [3.63, 3.8) is 0 Å². The van der Waals surface area contributed by atoms with E-state index in [2.05, 4.69) is 20.3 Å². The smallest absolute Gasteiger partial charge is 0.158 e. The van der Waals surface area contributed by atoms with E-state index in [1.54, 1.807) is 18.5 Å². The van der Waals surface area contributed by atoms with Gasteiger partial charge in [0.1, 0.15) is 23.1 Å². The maximum atomic E-state index is 9.31. The Kier molecular flexibility index (Phi) is 4.93. The number of nitrogens with one attached hydrogen (secondary N) is 1. The second-order valence-corrected chi connectivity index (χ2v) is 7.45. The summed E-state index contributed by atoms with van der Waals surface area (Å²) in [5, 5.41) is 13.1. The molecule has 0 aliphatic heterocycles. The van der Waals surface area contributed by atoms with Gasteiger partial charge in [-0.05, 0) is 36.4 Å². The molecule has 3 aromatic heterocycles. The number of hydrogen-bond acceptors (Lipinski definition) is 6. The molecule has 0 aliphatic rings. The summed E-state index contributed by atoms with van der Waals surface area (Å²) in [4.78, 5) is 13.1. The summed E-state index contributed by atoms with van der Waals surface area (Å²) in [6, 6.07) is 13.1. The number of aliphatic hydroxyl groups is 1. The zero-order valence-electron chi connectivity index (χ0n) is 16.7. The standard InChI is InChI=1S/C22H19ClN6O2/c1-28-13-26-20-17(28)3-2-4-19(20)31-18-6-5-14(11-15(18)23)27-22-21-16(24-12-25-22)7-8-29(21)9-10-30/h2-8,11-13,30H,9-10H2,1H3,(H,24,25,27). The molecule has 3 heterocycles. The van der Waals surface area contributed by atoms with Crippen molar-refractivity contribution in [3.8, 4) is 11.5 Å². The van der Waals surface area contributed by atoms with E-state index in [0.29, 0.717) is 28.9 Å². The third kappa shape index (κ3) is 3.56. The number of halogens is 1. The van der Waals surface area contributed by atoms with Crippen LogP contribution in [0.15, 0.2) is 61.3 Å². The van der Waals surface area contributed by atoms with Gasteiger partial charge in [0, 0.05) is 25.5 Å². The van der Waals surface area contributed by atoms with Crippen molar-refractivity contribution in [1.29, 1.82) is 0 Å². The second-order valence-electron chi connectivity index (χ2n) is 7.04. The molecule has 0 radical (unpaired) electrons. The van der Waals surface area contributed by atoms with Gasteiger partial charge in [0.15, 0.2) is 11.6 Å². The molecule has 0 fully saturated rings. The number of ether oxygens (including phenoxy) is 1. The van der Waals surface area contributed by atoms with Crippen molar-refractivity contribution in [2.45, 2.75) is 6.54 Å². The van der Waals surface area contributed by atoms with E-state index in [0.717, 1.165) is 27.8 Å². The zero-order valence-corrected chi connectivity index (χ0v) is 17.4. The summed E-state index contributed by atoms with van der Waals surface area (Å²) >= 11 is 6.52. The molecule has 0 aliphatic carbocycles. The molecule has 5 rings (SSSR count). The summed E-state index contributed by atoms with van der Waals surface area (Å²) in [6.45, 7) is 0.483. The Labute approximate surface area is 182 Å². The molecule has 0 saturated heterocycles. The Balaban J connectivity index is 1.44. The predicted octanol–water partition coefficient (Wildman–Crippen LogP) is 4.50. The molecule has 0 atom stereocenters. The molecule has 0 unspecified atom stereocenters. The Morgan fingerprint density at radius 3 is 2.84 bits per heavy atom. The lowest BCUT2D eigenvalue weighted by Gasteiger charge is -2.12. The van der Waals surface area contributed by atoms with Gasteiger partial charge in [-0.2, -0.15) is 0 Å². The molecule has 2 aromatic carbocycles. The third-order valence-corrected chi connectivity index (χ3v) is 5.32. The molecule has 0 bridgehead atoms. The van der Waals surface area contributed by atoms with Gasteiger partial charge in [-0.25, -0.2) is 15.0 Å². The summed E-state index contributed by atoms with van der Waals surface area (Å²) in [5.74, 6) is 1.80. The van der Waals surface area contributed by atoms with Gasteiger partial charge in [-0.1, -0.05) is 17.7 Å². The van der Waals surface area contributed by atoms with Crippen molar-refractivity contribution in [2.24, 2.45) is 7.05 Å². The summed E-state index contributed by atoms with van der Waals surface area (Å²) in [5.41, 5.74) is 4.11. The van der Waals surface area contributed by atoms with Crippen LogP contribution in [0.2, 0.25) is 5.02 Å². The first-order valence-corrected chi connectivity index (χ1v) is 10.1. The molecule has 9 heteroatoms. The van der Waals surface area contributed by atoms with Gasteiger partial charge < -0.3 is 24.3 Å². The Morgan fingerprint density at radius 2 is 2.00 bits per heavy atom. The van der Waals surface area contributed by atoms with Crippen molar-refractivity contribution >= 4 is 45.2 Å². The van der Waals surface area contributed by atoms with Crippen LogP contribution in [-0.2, 0) is 13.6 Å². The Bertz CT molecular complexity index is 1390. The molecule has 5 aromatic rings. The Hall–Kier alpha value is -3.62. The van der Waals surface area contributed by atoms with Crippen LogP contribution in [0.5, 0.6) is 11.5 Å². The number of fused-ring (bicyclic) bond motifs is 2. The van der Waals surface area contributed by atoms with Crippen LogP contribution < -0.4 is 10.1 Å². The third-order valence-electron chi connectivity index (χ3n) is 5.02. The van der Waals surface area contributed by atoms with Crippen LogP contribution >= 0.6 is 11.6 Å². The highest BCUT2D eigenvalue weighted by Gasteiger charge is 2.13. The van der Waals surface area contributed by atoms with E-state index in [4.69, 9.17) is 16.3 Å². The van der Waals surface area contributed by atoms with Crippen molar-refractivity contribution in [3.05, 3.63) is 66.3 Å². The first-order chi connectivity index (χ1) is 15.1. The number of rotatable bonds is 6. The minimum absolute atomic E-state index is 0.0268. The number of benzene rings is 2. The second kappa shape index (κ2) is 7.90. The maximum Gasteiger partial charge on any atom is 0.158 e. The number of aryl methyl sites for hydroxylation is 1. The highest BCUT2D eigenvalue weighted by atomic mass is 35.5. The van der Waals surface area contributed by atoms with Crippen molar-refractivity contribution < 1.29 is 9.84 Å². The van der Waals surface area contributed by atoms with E-state index in [1.807, 2.05) is 52.7 Å². The molecule has 0 saturated carbocycles. The number of imidazole rings is 1. The monoisotopic (exact) mass is 434 g/mol. The SMILES string of the molecule is Cn1cnc2c(Oc3ccc(Nc4ncnc5ccn(CCO)c45)cc3Cl)cccc21. The van der Waals surface area contributed by atoms with Crippen LogP contribution in [0, 0.1) is 0 Å². The quantitative estimate of drug-likeness (QED) is 0.409. The number of aliphatic hydroxyl groups excluding tert-OH is 1. The first-order valence-electron chi connectivity index (χ1n) is 9.69. The first kappa shape index (κ1) is 19.3. The summed E-state index contributed by atoms with van der Waals surface area (Å²) in [6.07, 6.45) is 5.13. The fourth-order valence-electron chi connectivity index (χ4n) is 3.55. The Morgan fingerprint density at radius 1 is 1.10 bits per heavy atom. The highest BCUT2D eigenvalue weighted by Crippen LogP contribution is 2.35. The molecule has 0 amide bonds. The number of para-hydroxylation sites is 1. The lowest BCUT2D eigenvalue weighted by Crippen LogP contribution is -2.04. The van der Waals surface area contributed by atoms with E-state index >= 15 is 0 Å². The van der Waals surface area contributed by atoms with E-state index < -0.39 is 0 Å². The lowest BCUT2D eigenvalue weighted by molar-refractivity contribution is 0.278. The summed E-state index contributed by atoms with van der Waals surface area (Å²) in [7, 11) is 1.94. The van der Waals surface area contributed by atoms with Crippen molar-refractivity contribution in [2.75, 3.05) is 11.9 Å². The molecule has 2 N–H and O–H groups in total. The van der Waals surface area contributed by atoms with E-state index in [9.17, 15) is 5.11 Å². The number of aromatic nitrogens is 5. The van der Waals surface area contributed by atoms with Crippen LogP contribution in [0.25, 0.3) is 22.1 Å². The molecule has 0 spiro atoms. The van der Waals surface area contributed by atoms with Crippen LogP contribution in [0.4, 0.5) is 11.5 Å². The van der Waals surface area contributed by atoms with Gasteiger partial charge in [-0.3, -0.25) is 0 Å². The molecule has 31 heavy (non-hydrogen) atoms. The van der Waals surface area contributed by atoms with Gasteiger partial charge in [0.25, 0.3) is 0 Å². The average Bonchev–Trinajstić information content (AvgIpc) is 3.36. The lowest BCUT2D eigenvalue weighted by atomic mass is 10.2. The number of nitrogens with zero attached hydrogens (tertiary/aromatic N) is 5. The normalized spacial score (nSPS) is 11.3. The van der Waals surface area contributed by atoms with Crippen LogP contribution in [-0.4, -0.2) is 35.8 Å². The average molecular weight is 435 g/mol. The fourth-order valence-corrected chi connectivity index (χ4v) is 3.77. The van der Waals surface area contributed by atoms with E-state index in [1.165, 1.54) is 6.33 Å². The van der Waals surface area contributed by atoms with Gasteiger partial charge in [0.2, 0.25) is 0 Å². The maximum absolute atomic E-state index is 9.31. The predicted molar refractivity (Wildman–Crippen MR) is 120 cm³/mol. The highest BCUT2D eigenvalue weighted by molar-refractivity contribution is 6.32. The topological polar surface area (TPSA) is 90.0 Å². The van der Waals surface area contributed by atoms with Crippen molar-refractivity contribution in [1.82, 2.24) is 24.1 Å². The molecule has 8 nitrogen and oxygen atoms in total. The van der Waals surface area contributed by atoms with Gasteiger partial charge in [0.05, 0.1) is 29.0 Å². The minimum atomic E-state index is 0.0268. The molecule has 156 valence electrons.